The number of alkyl halides is 2. The lowest BCUT2D eigenvalue weighted by Crippen LogP contribution is -2.35. The van der Waals surface area contributed by atoms with Crippen molar-refractivity contribution < 1.29 is 41.1 Å². The quantitative estimate of drug-likeness (QED) is 0.0577. The van der Waals surface area contributed by atoms with Crippen molar-refractivity contribution in [1.29, 1.82) is 0 Å². The normalized spacial score (nSPS) is 23.5. The number of aromatic amines is 1. The molecule has 1 amide bonds. The van der Waals surface area contributed by atoms with E-state index < -0.39 is 88.7 Å². The molecule has 0 bridgehead atoms. The molecule has 1 aromatic carbocycles. The van der Waals surface area contributed by atoms with Crippen LogP contribution >= 0.6 is 17.1 Å². The summed E-state index contributed by atoms with van der Waals surface area (Å²) in [7, 11) is -2.98. The number of nitrogens with zero attached hydrogens (tertiary/aromatic N) is 7. The first-order chi connectivity index (χ1) is 32.3. The molecule has 2 aliphatic rings. The summed E-state index contributed by atoms with van der Waals surface area (Å²) in [6, 6.07) is 11.7. The Labute approximate surface area is 399 Å². The Bertz CT molecular complexity index is 2300. The predicted molar refractivity (Wildman–Crippen MR) is 255 cm³/mol. The molecule has 23 heteroatoms. The molecule has 4 heterocycles. The first kappa shape index (κ1) is 56.2. The third-order valence-electron chi connectivity index (χ3n) is 10.9. The van der Waals surface area contributed by atoms with Crippen molar-refractivity contribution in [2.75, 3.05) is 44.8 Å². The van der Waals surface area contributed by atoms with Gasteiger partial charge in [0.05, 0.1) is 25.4 Å². The molecule has 2 unspecified atom stereocenters. The second-order valence-corrected chi connectivity index (χ2v) is 20.1. The van der Waals surface area contributed by atoms with Gasteiger partial charge in [0.25, 0.3) is 28.5 Å². The first-order valence-corrected chi connectivity index (χ1v) is 24.8. The molecule has 0 spiro atoms. The smallest absolute Gasteiger partial charge is 0.349 e. The Morgan fingerprint density at radius 3 is 1.63 bits per heavy atom. The number of halogens is 2. The second-order valence-electron chi connectivity index (χ2n) is 17.2. The number of ether oxygens (including phenoxy) is 2. The standard InChI is InChI=1S/C26H35FN5O5P.C19H30FN4O5P/c1-17(2)32(18(3)4)38(35-15-13-28-6)36-16-21-19(5)23(27)25(37-21)31-14-12-22(30-26(31)34)29-24(33)20-10-8-7-9-11-20;1-12(2)24(13(3)4)30(27-10-8-21-6)28-11-15-14(5)17(20)18(29-15)23-9-7-16(25)22-19(23)26/h7-12,14,17-19,21,23,25H,13,15-16H2,1-5H3,(H,29,30,33,34);7,9,12-15,17-18H,8,10-11H2,1-5H3,(H,22,25,26)/t19-,21-,23-,25-,38?;14-,15-,17-,18-,30?/m11/s1. The Kier molecular flexibility index (Phi) is 22.4. The highest BCUT2D eigenvalue weighted by molar-refractivity contribution is 7.44. The number of hydrogen-bond donors (Lipinski definition) is 2. The molecule has 19 nitrogen and oxygen atoms in total. The predicted octanol–water partition coefficient (Wildman–Crippen LogP) is 7.37. The van der Waals surface area contributed by atoms with Crippen molar-refractivity contribution >= 4 is 28.8 Å². The van der Waals surface area contributed by atoms with Crippen LogP contribution in [0.25, 0.3) is 9.69 Å². The van der Waals surface area contributed by atoms with Crippen LogP contribution in [-0.2, 0) is 27.6 Å². The maximum absolute atomic E-state index is 15.3. The van der Waals surface area contributed by atoms with Gasteiger partial charge in [0, 0.05) is 60.0 Å². The molecule has 2 aliphatic heterocycles. The first-order valence-electron chi connectivity index (χ1n) is 22.5. The van der Waals surface area contributed by atoms with E-state index in [1.54, 1.807) is 44.2 Å². The third kappa shape index (κ3) is 15.3. The summed E-state index contributed by atoms with van der Waals surface area (Å²) >= 11 is 0. The highest BCUT2D eigenvalue weighted by atomic mass is 31.2. The molecule has 2 fully saturated rings. The van der Waals surface area contributed by atoms with Crippen LogP contribution in [0.1, 0.15) is 92.1 Å². The van der Waals surface area contributed by atoms with Gasteiger partial charge >= 0.3 is 11.4 Å². The fourth-order valence-electron chi connectivity index (χ4n) is 7.48. The Hall–Kier alpha value is -4.37. The average molecular weight is 992 g/mol. The summed E-state index contributed by atoms with van der Waals surface area (Å²) in [4.78, 5) is 61.0. The van der Waals surface area contributed by atoms with Crippen LogP contribution in [0.3, 0.4) is 0 Å². The molecular weight excluding hydrogens is 926 g/mol. The van der Waals surface area contributed by atoms with Gasteiger partial charge in [-0.05, 0) is 73.6 Å². The number of hydrogen-bond acceptors (Lipinski definition) is 13. The zero-order chi connectivity index (χ0) is 50.2. The summed E-state index contributed by atoms with van der Waals surface area (Å²) < 4.78 is 72.1. The minimum absolute atomic E-state index is 0.0607. The van der Waals surface area contributed by atoms with Gasteiger partial charge < -0.3 is 42.6 Å². The van der Waals surface area contributed by atoms with E-state index in [0.717, 1.165) is 15.2 Å². The lowest BCUT2D eigenvalue weighted by Gasteiger charge is -2.35. The van der Waals surface area contributed by atoms with Gasteiger partial charge in [-0.2, -0.15) is 4.98 Å². The van der Waals surface area contributed by atoms with Gasteiger partial charge in [0.15, 0.2) is 24.8 Å². The molecule has 0 aliphatic carbocycles. The van der Waals surface area contributed by atoms with Crippen molar-refractivity contribution in [3.05, 3.63) is 115 Å². The minimum atomic E-state index is -1.50. The summed E-state index contributed by atoms with van der Waals surface area (Å²) in [5, 5.41) is 2.58. The molecule has 5 rings (SSSR count). The Morgan fingerprint density at radius 2 is 1.21 bits per heavy atom. The van der Waals surface area contributed by atoms with Crippen molar-refractivity contribution in [2.45, 2.75) is 130 Å². The highest BCUT2D eigenvalue weighted by Gasteiger charge is 2.46. The van der Waals surface area contributed by atoms with E-state index in [2.05, 4.69) is 34.3 Å². The van der Waals surface area contributed by atoms with E-state index in [1.807, 2.05) is 55.4 Å². The van der Waals surface area contributed by atoms with Crippen LogP contribution in [0, 0.1) is 25.0 Å². The zero-order valence-corrected chi connectivity index (χ0v) is 42.0. The molecular formula is C45H65F2N9O10P2. The number of H-pyrrole nitrogens is 1. The maximum Gasteiger partial charge on any atom is 0.351 e. The van der Waals surface area contributed by atoms with E-state index >= 15 is 4.39 Å². The lowest BCUT2D eigenvalue weighted by molar-refractivity contribution is -0.0398. The van der Waals surface area contributed by atoms with Crippen LogP contribution in [0.2, 0.25) is 0 Å². The number of carbonyl (C=O) groups excluding carboxylic acids is 1. The van der Waals surface area contributed by atoms with Gasteiger partial charge in [-0.1, -0.05) is 32.0 Å². The molecule has 2 aromatic heterocycles. The number of carbonyl (C=O) groups is 1. The third-order valence-corrected chi connectivity index (χ3v) is 15.0. The number of aromatic nitrogens is 4. The van der Waals surface area contributed by atoms with Gasteiger partial charge in [-0.15, -0.1) is 0 Å². The van der Waals surface area contributed by atoms with Crippen molar-refractivity contribution in [2.24, 2.45) is 11.8 Å². The molecule has 68 heavy (non-hydrogen) atoms. The second kappa shape index (κ2) is 27.1. The molecule has 374 valence electrons. The number of rotatable bonds is 22. The van der Waals surface area contributed by atoms with E-state index in [-0.39, 0.29) is 69.5 Å². The molecule has 2 N–H and O–H groups in total. The average Bonchev–Trinajstić information content (AvgIpc) is 3.72. The van der Waals surface area contributed by atoms with Crippen LogP contribution < -0.4 is 22.3 Å². The fourth-order valence-corrected chi connectivity index (χ4v) is 10.7. The molecule has 10 atom stereocenters. The monoisotopic (exact) mass is 991 g/mol. The summed E-state index contributed by atoms with van der Waals surface area (Å²) in [5.41, 5.74) is -1.60. The van der Waals surface area contributed by atoms with Crippen molar-refractivity contribution in [1.82, 2.24) is 28.4 Å². The van der Waals surface area contributed by atoms with Crippen LogP contribution in [0.15, 0.2) is 69.2 Å². The fraction of sp³-hybridized carbons (Fsp3) is 0.622. The van der Waals surface area contributed by atoms with E-state index in [0.29, 0.717) is 5.56 Å². The maximum atomic E-state index is 15.3. The molecule has 0 saturated carbocycles. The number of nitrogens with one attached hydrogen (secondary N) is 2. The number of anilines is 1. The Morgan fingerprint density at radius 1 is 0.750 bits per heavy atom. The van der Waals surface area contributed by atoms with E-state index in [4.69, 9.17) is 40.7 Å². The summed E-state index contributed by atoms with van der Waals surface area (Å²) in [5.74, 6) is -1.43. The van der Waals surface area contributed by atoms with E-state index in [1.165, 1.54) is 18.5 Å². The number of benzene rings is 1. The van der Waals surface area contributed by atoms with E-state index in [9.17, 15) is 23.6 Å². The lowest BCUT2D eigenvalue weighted by atomic mass is 10.0. The summed E-state index contributed by atoms with van der Waals surface area (Å²) in [6.07, 6.45) is -3.88. The summed E-state index contributed by atoms with van der Waals surface area (Å²) in [6.45, 7) is 34.6. The van der Waals surface area contributed by atoms with Crippen molar-refractivity contribution in [3.63, 3.8) is 0 Å². The van der Waals surface area contributed by atoms with Gasteiger partial charge in [-0.25, -0.2) is 40.9 Å². The van der Waals surface area contributed by atoms with Crippen LogP contribution in [0.5, 0.6) is 0 Å². The largest absolute Gasteiger partial charge is 0.351 e. The van der Waals surface area contributed by atoms with Crippen molar-refractivity contribution in [3.8, 4) is 0 Å². The van der Waals surface area contributed by atoms with Crippen LogP contribution in [-0.4, -0.2) is 123 Å². The van der Waals surface area contributed by atoms with Gasteiger partial charge in [0.1, 0.15) is 19.0 Å². The van der Waals surface area contributed by atoms with Gasteiger partial charge in [-0.3, -0.25) is 23.7 Å². The number of amides is 1. The molecule has 3 aromatic rings. The van der Waals surface area contributed by atoms with Gasteiger partial charge in [0.2, 0.25) is 13.1 Å². The molecule has 0 radical (unpaired) electrons. The Balaban J connectivity index is 0.000000305. The highest BCUT2D eigenvalue weighted by Crippen LogP contribution is 2.48. The van der Waals surface area contributed by atoms with Crippen LogP contribution in [0.4, 0.5) is 14.6 Å². The molecule has 2 saturated heterocycles. The zero-order valence-electron chi connectivity index (χ0n) is 40.2. The SMILES string of the molecule is [C-]#[N+]CCOP(OC[C@H]1O[C@@H](n2ccc(=O)[nH]c2=O)[C@H](F)[C@@H]1C)N(C(C)C)C(C)C.[C-]#[N+]CCOP(OC[C@H]1O[C@@H](n2ccc(NC(=O)c3ccccc3)nc2=O)[C@H](F)[C@@H]1C)N(C(C)C)C(C)C. The topological polar surface area (TPSA) is 189 Å². The minimum Gasteiger partial charge on any atom is -0.349 e.